The topological polar surface area (TPSA) is 346 Å². The molecule has 2 aromatic rings. The van der Waals surface area contributed by atoms with Crippen molar-refractivity contribution < 1.29 is 67.3 Å². The summed E-state index contributed by atoms with van der Waals surface area (Å²) in [6.45, 7) is 16.8. The first-order chi connectivity index (χ1) is 43.9. The number of carboxylic acid groups (broad SMARTS) is 1. The van der Waals surface area contributed by atoms with Gasteiger partial charge in [-0.1, -0.05) is 116 Å². The second kappa shape index (κ2) is 37.8. The number of methoxy groups -OCH3 is 2. The lowest BCUT2D eigenvalue weighted by atomic mass is 9.89. The van der Waals surface area contributed by atoms with Gasteiger partial charge in [-0.05, 0) is 99.8 Å². The molecule has 25 nitrogen and oxygen atoms in total. The summed E-state index contributed by atoms with van der Waals surface area (Å²) in [7, 11) is 4.69. The van der Waals surface area contributed by atoms with Crippen LogP contribution in [-0.4, -0.2) is 185 Å². The number of unbranched alkanes of at least 4 members (excludes halogenated alkanes) is 2. The molecule has 2 aromatic carbocycles. The highest BCUT2D eigenvalue weighted by atomic mass is 32.1. The Morgan fingerprint density at radius 2 is 1.41 bits per heavy atom. The van der Waals surface area contributed by atoms with Gasteiger partial charge in [-0.25, -0.2) is 9.59 Å². The highest BCUT2D eigenvalue weighted by Crippen LogP contribution is 2.30. The zero-order valence-electron chi connectivity index (χ0n) is 56.2. The van der Waals surface area contributed by atoms with Crippen molar-refractivity contribution in [1.29, 1.82) is 0 Å². The van der Waals surface area contributed by atoms with E-state index in [4.69, 9.17) is 27.4 Å². The van der Waals surface area contributed by atoms with E-state index in [0.717, 1.165) is 16.0 Å². The Labute approximate surface area is 552 Å². The summed E-state index contributed by atoms with van der Waals surface area (Å²) < 4.78 is 12.1. The van der Waals surface area contributed by atoms with Crippen molar-refractivity contribution in [2.75, 3.05) is 46.2 Å². The molecule has 4 rings (SSSR count). The maximum Gasteiger partial charge on any atom is 0.326 e. The van der Waals surface area contributed by atoms with Gasteiger partial charge in [0, 0.05) is 83.9 Å². The lowest BCUT2D eigenvalue weighted by molar-refractivity contribution is -0.147. The SMILES string of the molecule is CC[C@H](C)[C@@H]([C@@H](CC(=O)N1CCC[C@H]1[C@H](OC)[C@@H](C)C(=S)N[C@@H](Cc1ccccc1)C(=O)O)OC)N(C)C(=O)[C@@H](NC(=O)C(C)(C)NC(=O)CCc1ccc(NC(=O)[C@H](CCCNC(N)=O)NC(=O)[C@@H](NC(=O)CCCCCN2C(=O)C=CC2=O)C(C)C)cc1)C(C)C. The van der Waals surface area contributed by atoms with E-state index >= 15 is 0 Å². The van der Waals surface area contributed by atoms with Gasteiger partial charge in [-0.2, -0.15) is 0 Å². The highest BCUT2D eigenvalue weighted by molar-refractivity contribution is 7.80. The first-order valence-corrected chi connectivity index (χ1v) is 32.7. The Hall–Kier alpha value is -7.84. The number of carbonyl (C=O) groups is 11. The number of carbonyl (C=O) groups excluding carboxylic acids is 10. The minimum atomic E-state index is -1.47. The smallest absolute Gasteiger partial charge is 0.326 e. The number of primary amides is 1. The van der Waals surface area contributed by atoms with Crippen molar-refractivity contribution in [3.8, 4) is 0 Å². The fraction of sp³-hybridized carbons (Fsp3) is 0.612. The molecule has 0 saturated carbocycles. The Balaban J connectivity index is 1.34. The van der Waals surface area contributed by atoms with Crippen LogP contribution in [0.2, 0.25) is 0 Å². The van der Waals surface area contributed by atoms with Crippen LogP contribution in [0.15, 0.2) is 66.7 Å². The molecule has 0 aromatic heterocycles. The van der Waals surface area contributed by atoms with E-state index in [1.165, 1.54) is 19.3 Å². The summed E-state index contributed by atoms with van der Waals surface area (Å²) in [5, 5.41) is 29.7. The molecular formula is C67H101N11O14S. The van der Waals surface area contributed by atoms with Crippen molar-refractivity contribution in [1.82, 2.24) is 46.6 Å². The van der Waals surface area contributed by atoms with Crippen LogP contribution < -0.4 is 43.0 Å². The molecule has 1 fully saturated rings. The standard InChI is InChI=1S/C67H101N11O14S/c1-13-42(6)58(50(91-11)39-55(83)77-37-21-25-49(77)59(92-12)43(7)62(93)72-48(64(87)88)38-45-22-16-14-17-23-45)76(10)63(86)57(41(4)5)74-65(89)67(8,9)75-52(80)32-29-44-27-30-46(31-28-44)70-60(84)47(24-20-35-69-66(68)90)71-61(85)56(40(2)3)73-51(79)26-18-15-19-36-78-53(81)33-34-54(78)82/h14,16-17,22-23,27-28,30-31,33-34,40-43,47-50,56-59H,13,15,18-21,24-26,29,32,35-39H2,1-12H3,(H,70,84)(H,71,85)(H,72,93)(H,73,79)(H,74,89)(H,75,80)(H,87,88)(H3,68,69,90)/t42-,43+,47-,48-,49-,50+,56-,57-,58-,59+/m0/s1. The number of carboxylic acids is 1. The van der Waals surface area contributed by atoms with Crippen LogP contribution in [-0.2, 0) is 70.3 Å². The quantitative estimate of drug-likeness (QED) is 0.0249. The number of nitrogens with two attached hydrogens (primary N) is 1. The molecule has 0 aliphatic carbocycles. The summed E-state index contributed by atoms with van der Waals surface area (Å²) >= 11 is 5.79. The van der Waals surface area contributed by atoms with E-state index in [2.05, 4.69) is 37.2 Å². The number of rotatable bonds is 39. The van der Waals surface area contributed by atoms with E-state index in [9.17, 15) is 57.8 Å². The number of benzene rings is 2. The predicted octanol–water partition coefficient (Wildman–Crippen LogP) is 4.69. The lowest BCUT2D eigenvalue weighted by Crippen LogP contribution is -2.62. The molecule has 0 bridgehead atoms. The number of imide groups is 1. The zero-order valence-corrected chi connectivity index (χ0v) is 57.0. The third-order valence-corrected chi connectivity index (χ3v) is 17.8. The minimum Gasteiger partial charge on any atom is -0.480 e. The van der Waals surface area contributed by atoms with E-state index < -0.39 is 101 Å². The number of likely N-dealkylation sites (tertiary alicyclic amines) is 1. The number of anilines is 1. The van der Waals surface area contributed by atoms with Crippen molar-refractivity contribution in [3.05, 3.63) is 77.9 Å². The van der Waals surface area contributed by atoms with E-state index in [0.29, 0.717) is 55.7 Å². The molecule has 2 aliphatic heterocycles. The van der Waals surface area contributed by atoms with Gasteiger partial charge in [-0.3, -0.25) is 48.1 Å². The number of nitrogens with one attached hydrogen (secondary N) is 7. The number of hydrogen-bond donors (Lipinski definition) is 9. The third-order valence-electron chi connectivity index (χ3n) is 17.3. The van der Waals surface area contributed by atoms with Crippen LogP contribution in [0.5, 0.6) is 0 Å². The van der Waals surface area contributed by atoms with Crippen molar-refractivity contribution >= 4 is 88.1 Å². The second-order valence-electron chi connectivity index (χ2n) is 25.5. The van der Waals surface area contributed by atoms with Crippen LogP contribution in [0.4, 0.5) is 10.5 Å². The Kier molecular flexibility index (Phi) is 31.5. The predicted molar refractivity (Wildman–Crippen MR) is 356 cm³/mol. The number of hydrogen-bond acceptors (Lipinski definition) is 14. The summed E-state index contributed by atoms with van der Waals surface area (Å²) in [5.74, 6) is -6.38. The highest BCUT2D eigenvalue weighted by Gasteiger charge is 2.44. The van der Waals surface area contributed by atoms with Crippen LogP contribution >= 0.6 is 12.2 Å². The molecule has 10 N–H and O–H groups in total. The summed E-state index contributed by atoms with van der Waals surface area (Å²) in [6.07, 6.45) is 5.41. The molecule has 11 amide bonds. The number of aryl methyl sites for hydroxylation is 1. The molecule has 26 heteroatoms. The normalized spacial score (nSPS) is 16.9. The summed E-state index contributed by atoms with van der Waals surface area (Å²) in [6, 6.07) is 10.1. The number of aliphatic carboxylic acids is 1. The Morgan fingerprint density at radius 3 is 1.99 bits per heavy atom. The van der Waals surface area contributed by atoms with Gasteiger partial charge in [-0.15, -0.1) is 0 Å². The van der Waals surface area contributed by atoms with Crippen LogP contribution in [0, 0.1) is 23.7 Å². The Morgan fingerprint density at radius 1 is 0.763 bits per heavy atom. The van der Waals surface area contributed by atoms with Crippen LogP contribution in [0.1, 0.15) is 144 Å². The fourth-order valence-corrected chi connectivity index (χ4v) is 11.9. The number of urea groups is 1. The molecule has 0 unspecified atom stereocenters. The minimum absolute atomic E-state index is 0.0240. The van der Waals surface area contributed by atoms with Gasteiger partial charge in [0.25, 0.3) is 11.8 Å². The number of thiocarbonyl (C=S) groups is 1. The van der Waals surface area contributed by atoms with Crippen LogP contribution in [0.3, 0.4) is 0 Å². The van der Waals surface area contributed by atoms with Crippen molar-refractivity contribution in [2.24, 2.45) is 29.4 Å². The zero-order chi connectivity index (χ0) is 69.3. The fourth-order valence-electron chi connectivity index (χ4n) is 11.6. The number of ether oxygens (including phenoxy) is 2. The second-order valence-corrected chi connectivity index (χ2v) is 25.9. The molecule has 0 spiro atoms. The average Bonchev–Trinajstić information content (AvgIpc) is 1.79. The molecule has 514 valence electrons. The first-order valence-electron chi connectivity index (χ1n) is 32.3. The number of nitrogens with zero attached hydrogens (tertiary/aromatic N) is 3. The maximum absolute atomic E-state index is 14.7. The molecule has 10 atom stereocenters. The molecular weight excluding hydrogens is 1210 g/mol. The monoisotopic (exact) mass is 1320 g/mol. The van der Waals surface area contributed by atoms with Gasteiger partial charge < -0.3 is 67.3 Å². The maximum atomic E-state index is 14.7. The number of amides is 11. The van der Waals surface area contributed by atoms with Gasteiger partial charge in [0.05, 0.1) is 35.7 Å². The van der Waals surface area contributed by atoms with Crippen molar-refractivity contribution in [2.45, 2.75) is 200 Å². The molecule has 93 heavy (non-hydrogen) atoms. The summed E-state index contributed by atoms with van der Waals surface area (Å²) in [5.41, 5.74) is 5.71. The van der Waals surface area contributed by atoms with Crippen LogP contribution in [0.25, 0.3) is 0 Å². The Bertz CT molecular complexity index is 2910. The molecule has 2 heterocycles. The van der Waals surface area contributed by atoms with Gasteiger partial charge in [0.1, 0.15) is 29.7 Å². The molecule has 0 radical (unpaired) electrons. The van der Waals surface area contributed by atoms with E-state index in [1.807, 2.05) is 51.1 Å². The van der Waals surface area contributed by atoms with Crippen molar-refractivity contribution in [3.63, 3.8) is 0 Å². The third kappa shape index (κ3) is 23.9. The lowest BCUT2D eigenvalue weighted by Gasteiger charge is -2.41. The van der Waals surface area contributed by atoms with Gasteiger partial charge in [0.2, 0.25) is 41.4 Å². The number of likely N-dealkylation sites (N-methyl/N-ethyl adjacent to an activating group) is 1. The molecule has 1 saturated heterocycles. The largest absolute Gasteiger partial charge is 0.480 e. The molecule has 2 aliphatic rings. The van der Waals surface area contributed by atoms with Gasteiger partial charge >= 0.3 is 12.0 Å². The average molecular weight is 1320 g/mol. The summed E-state index contributed by atoms with van der Waals surface area (Å²) in [4.78, 5) is 149. The van der Waals surface area contributed by atoms with E-state index in [-0.39, 0.29) is 99.5 Å². The van der Waals surface area contributed by atoms with Gasteiger partial charge in [0.15, 0.2) is 0 Å². The first kappa shape index (κ1) is 77.6. The van der Waals surface area contributed by atoms with E-state index in [1.54, 1.807) is 89.8 Å².